The van der Waals surface area contributed by atoms with Crippen molar-refractivity contribution in [3.63, 3.8) is 0 Å². The molecular formula is C12H16BrNOS. The Hall–Kier alpha value is -0.480. The Bertz CT molecular complexity index is 410. The molecule has 0 spiro atoms. The minimum Gasteiger partial charge on any atom is -0.411 e. The Morgan fingerprint density at radius 3 is 2.50 bits per heavy atom. The number of rotatable bonds is 2. The van der Waals surface area contributed by atoms with Gasteiger partial charge in [-0.1, -0.05) is 41.9 Å². The first-order chi connectivity index (χ1) is 7.33. The molecule has 0 heterocycles. The van der Waals surface area contributed by atoms with E-state index in [-0.39, 0.29) is 4.75 Å². The summed E-state index contributed by atoms with van der Waals surface area (Å²) >= 11 is 5.22. The highest BCUT2D eigenvalue weighted by atomic mass is 79.9. The van der Waals surface area contributed by atoms with Crippen molar-refractivity contribution >= 4 is 33.9 Å². The van der Waals surface area contributed by atoms with Crippen molar-refractivity contribution < 1.29 is 5.21 Å². The number of hydrogen-bond donors (Lipinski definition) is 1. The SMILES string of the molecule is Cc1cc(Br)cc(C=NO)c1SC(C)(C)C. The Labute approximate surface area is 109 Å². The van der Waals surface area contributed by atoms with Gasteiger partial charge in [0.05, 0.1) is 6.21 Å². The van der Waals surface area contributed by atoms with Crippen LogP contribution in [-0.4, -0.2) is 16.2 Å². The van der Waals surface area contributed by atoms with E-state index in [9.17, 15) is 0 Å². The van der Waals surface area contributed by atoms with Crippen LogP contribution in [0.25, 0.3) is 0 Å². The van der Waals surface area contributed by atoms with E-state index in [1.807, 2.05) is 6.07 Å². The molecule has 0 saturated heterocycles. The van der Waals surface area contributed by atoms with Gasteiger partial charge in [0.1, 0.15) is 0 Å². The molecule has 0 saturated carbocycles. The first-order valence-electron chi connectivity index (χ1n) is 5.00. The monoisotopic (exact) mass is 301 g/mol. The summed E-state index contributed by atoms with van der Waals surface area (Å²) in [5.74, 6) is 0. The average Bonchev–Trinajstić information content (AvgIpc) is 2.10. The number of benzene rings is 1. The van der Waals surface area contributed by atoms with Crippen molar-refractivity contribution in [2.75, 3.05) is 0 Å². The second kappa shape index (κ2) is 5.23. The fourth-order valence-electron chi connectivity index (χ4n) is 1.36. The van der Waals surface area contributed by atoms with E-state index in [0.717, 1.165) is 14.9 Å². The van der Waals surface area contributed by atoms with Crippen LogP contribution in [0.2, 0.25) is 0 Å². The molecule has 0 unspecified atom stereocenters. The predicted molar refractivity (Wildman–Crippen MR) is 73.9 cm³/mol. The van der Waals surface area contributed by atoms with Crippen molar-refractivity contribution in [2.24, 2.45) is 5.16 Å². The van der Waals surface area contributed by atoms with E-state index >= 15 is 0 Å². The molecule has 4 heteroatoms. The molecule has 1 N–H and O–H groups in total. The maximum Gasteiger partial charge on any atom is 0.0745 e. The molecule has 0 amide bonds. The smallest absolute Gasteiger partial charge is 0.0745 e. The maximum atomic E-state index is 8.67. The largest absolute Gasteiger partial charge is 0.411 e. The van der Waals surface area contributed by atoms with Gasteiger partial charge in [0.25, 0.3) is 0 Å². The summed E-state index contributed by atoms with van der Waals surface area (Å²) < 4.78 is 1.13. The summed E-state index contributed by atoms with van der Waals surface area (Å²) in [6, 6.07) is 4.03. The van der Waals surface area contributed by atoms with Crippen LogP contribution in [0.15, 0.2) is 26.7 Å². The zero-order valence-electron chi connectivity index (χ0n) is 9.91. The lowest BCUT2D eigenvalue weighted by molar-refractivity contribution is 0.321. The van der Waals surface area contributed by atoms with Crippen molar-refractivity contribution in [2.45, 2.75) is 37.3 Å². The normalized spacial score (nSPS) is 12.3. The van der Waals surface area contributed by atoms with Gasteiger partial charge in [0, 0.05) is 19.7 Å². The lowest BCUT2D eigenvalue weighted by atomic mass is 10.1. The van der Waals surface area contributed by atoms with Gasteiger partial charge in [0.15, 0.2) is 0 Å². The molecule has 1 aromatic rings. The number of oxime groups is 1. The highest BCUT2D eigenvalue weighted by Gasteiger charge is 2.16. The van der Waals surface area contributed by atoms with Crippen LogP contribution in [0.3, 0.4) is 0 Å². The number of nitrogens with zero attached hydrogens (tertiary/aromatic N) is 1. The van der Waals surface area contributed by atoms with Crippen molar-refractivity contribution in [3.05, 3.63) is 27.7 Å². The summed E-state index contributed by atoms with van der Waals surface area (Å²) in [5.41, 5.74) is 2.12. The topological polar surface area (TPSA) is 32.6 Å². The Morgan fingerprint density at radius 1 is 1.38 bits per heavy atom. The molecule has 1 aromatic carbocycles. The number of halogens is 1. The Morgan fingerprint density at radius 2 is 2.00 bits per heavy atom. The van der Waals surface area contributed by atoms with Crippen LogP contribution in [0.1, 0.15) is 31.9 Å². The molecule has 0 aliphatic rings. The summed E-state index contributed by atoms with van der Waals surface area (Å²) in [6.07, 6.45) is 1.48. The molecule has 0 aromatic heterocycles. The summed E-state index contributed by atoms with van der Waals surface area (Å²) in [6.45, 7) is 8.56. The lowest BCUT2D eigenvalue weighted by Crippen LogP contribution is -2.08. The second-order valence-electron chi connectivity index (χ2n) is 4.60. The number of thioether (sulfide) groups is 1. The third-order valence-electron chi connectivity index (χ3n) is 1.87. The van der Waals surface area contributed by atoms with Gasteiger partial charge in [-0.15, -0.1) is 11.8 Å². The van der Waals surface area contributed by atoms with Crippen molar-refractivity contribution in [1.82, 2.24) is 0 Å². The molecule has 0 radical (unpaired) electrons. The van der Waals surface area contributed by atoms with E-state index in [4.69, 9.17) is 5.21 Å². The van der Waals surface area contributed by atoms with E-state index in [2.05, 4.69) is 54.8 Å². The van der Waals surface area contributed by atoms with Crippen LogP contribution in [-0.2, 0) is 0 Å². The first-order valence-corrected chi connectivity index (χ1v) is 6.61. The zero-order valence-corrected chi connectivity index (χ0v) is 12.3. The lowest BCUT2D eigenvalue weighted by Gasteiger charge is -2.20. The van der Waals surface area contributed by atoms with Crippen LogP contribution in [0.4, 0.5) is 0 Å². The third-order valence-corrected chi connectivity index (χ3v) is 3.71. The van der Waals surface area contributed by atoms with Crippen LogP contribution < -0.4 is 0 Å². The third kappa shape index (κ3) is 3.83. The van der Waals surface area contributed by atoms with Crippen molar-refractivity contribution in [1.29, 1.82) is 0 Å². The highest BCUT2D eigenvalue weighted by molar-refractivity contribution is 9.10. The summed E-state index contributed by atoms with van der Waals surface area (Å²) in [5, 5.41) is 11.8. The Balaban J connectivity index is 3.24. The molecule has 0 aliphatic carbocycles. The molecule has 0 atom stereocenters. The van der Waals surface area contributed by atoms with Gasteiger partial charge in [-0.25, -0.2) is 0 Å². The number of hydrogen-bond acceptors (Lipinski definition) is 3. The van der Waals surface area contributed by atoms with Gasteiger partial charge in [-0.05, 0) is 24.6 Å². The molecule has 0 aliphatic heterocycles. The quantitative estimate of drug-likeness (QED) is 0.379. The van der Waals surface area contributed by atoms with Gasteiger partial charge >= 0.3 is 0 Å². The average molecular weight is 302 g/mol. The highest BCUT2D eigenvalue weighted by Crippen LogP contribution is 2.37. The minimum absolute atomic E-state index is 0.136. The van der Waals surface area contributed by atoms with E-state index in [1.54, 1.807) is 11.8 Å². The van der Waals surface area contributed by atoms with E-state index in [1.165, 1.54) is 11.8 Å². The molecule has 88 valence electrons. The van der Waals surface area contributed by atoms with Crippen LogP contribution in [0.5, 0.6) is 0 Å². The van der Waals surface area contributed by atoms with Gasteiger partial charge < -0.3 is 5.21 Å². The van der Waals surface area contributed by atoms with Gasteiger partial charge in [-0.3, -0.25) is 0 Å². The molecule has 2 nitrogen and oxygen atoms in total. The zero-order chi connectivity index (χ0) is 12.3. The van der Waals surface area contributed by atoms with E-state index < -0.39 is 0 Å². The fourth-order valence-corrected chi connectivity index (χ4v) is 3.01. The first kappa shape index (κ1) is 13.6. The molecule has 0 fully saturated rings. The van der Waals surface area contributed by atoms with Crippen molar-refractivity contribution in [3.8, 4) is 0 Å². The fraction of sp³-hybridized carbons (Fsp3) is 0.417. The van der Waals surface area contributed by atoms with E-state index in [0.29, 0.717) is 0 Å². The second-order valence-corrected chi connectivity index (χ2v) is 7.35. The number of aryl methyl sites for hydroxylation is 1. The van der Waals surface area contributed by atoms with Gasteiger partial charge in [-0.2, -0.15) is 0 Å². The molecule has 16 heavy (non-hydrogen) atoms. The standard InChI is InChI=1S/C12H16BrNOS/c1-8-5-10(13)6-9(7-14-15)11(8)16-12(2,3)4/h5-7,15H,1-4H3. The van der Waals surface area contributed by atoms with Crippen LogP contribution in [0, 0.1) is 6.92 Å². The molecule has 0 bridgehead atoms. The molecular weight excluding hydrogens is 286 g/mol. The summed E-state index contributed by atoms with van der Waals surface area (Å²) in [4.78, 5) is 1.16. The minimum atomic E-state index is 0.136. The maximum absolute atomic E-state index is 8.67. The van der Waals surface area contributed by atoms with Crippen LogP contribution >= 0.6 is 27.7 Å². The summed E-state index contributed by atoms with van der Waals surface area (Å²) in [7, 11) is 0. The predicted octanol–water partition coefficient (Wildman–Crippen LogP) is 4.46. The Kier molecular flexibility index (Phi) is 4.44. The van der Waals surface area contributed by atoms with Gasteiger partial charge in [0.2, 0.25) is 0 Å². The molecule has 1 rings (SSSR count).